The first-order chi connectivity index (χ1) is 7.29. The van der Waals surface area contributed by atoms with E-state index in [2.05, 4.69) is 24.1 Å². The molecule has 84 valence electrons. The van der Waals surface area contributed by atoms with Gasteiger partial charge in [0.25, 0.3) is 0 Å². The molecule has 0 saturated carbocycles. The quantitative estimate of drug-likeness (QED) is 0.728. The number of ether oxygens (including phenoxy) is 1. The third-order valence-corrected chi connectivity index (χ3v) is 2.49. The van der Waals surface area contributed by atoms with Gasteiger partial charge >= 0.3 is 0 Å². The van der Waals surface area contributed by atoms with Crippen LogP contribution in [0.2, 0.25) is 0 Å². The Hall–Kier alpha value is -1.09. The summed E-state index contributed by atoms with van der Waals surface area (Å²) in [6.45, 7) is 6.34. The highest BCUT2D eigenvalue weighted by molar-refractivity contribution is 5.29. The summed E-state index contributed by atoms with van der Waals surface area (Å²) in [7, 11) is 1.69. The molecule has 0 aliphatic carbocycles. The molecule has 0 amide bonds. The maximum atomic E-state index is 5.29. The van der Waals surface area contributed by atoms with Crippen LogP contribution < -0.4 is 10.1 Å². The lowest BCUT2D eigenvalue weighted by molar-refractivity contribution is 0.401. The van der Waals surface area contributed by atoms with Gasteiger partial charge < -0.3 is 10.1 Å². The van der Waals surface area contributed by atoms with Crippen molar-refractivity contribution in [3.63, 3.8) is 0 Å². The maximum absolute atomic E-state index is 5.29. The van der Waals surface area contributed by atoms with Gasteiger partial charge in [-0.1, -0.05) is 13.8 Å². The van der Waals surface area contributed by atoms with Crippen molar-refractivity contribution in [1.82, 2.24) is 10.3 Å². The van der Waals surface area contributed by atoms with Crippen molar-refractivity contribution in [2.75, 3.05) is 20.2 Å². The van der Waals surface area contributed by atoms with Gasteiger partial charge in [-0.05, 0) is 31.6 Å². The van der Waals surface area contributed by atoms with Crippen LogP contribution in [-0.4, -0.2) is 25.2 Å². The SMILES string of the molecule is CCNCCC(C)c1ncccc1OC. The first-order valence-corrected chi connectivity index (χ1v) is 5.49. The van der Waals surface area contributed by atoms with Gasteiger partial charge in [0.15, 0.2) is 0 Å². The van der Waals surface area contributed by atoms with Crippen molar-refractivity contribution in [2.45, 2.75) is 26.2 Å². The number of methoxy groups -OCH3 is 1. The number of aromatic nitrogens is 1. The molecule has 0 fully saturated rings. The Labute approximate surface area is 91.9 Å². The zero-order valence-corrected chi connectivity index (χ0v) is 9.79. The molecule has 1 N–H and O–H groups in total. The number of nitrogens with one attached hydrogen (secondary N) is 1. The van der Waals surface area contributed by atoms with Crippen LogP contribution in [0.5, 0.6) is 5.75 Å². The molecule has 0 radical (unpaired) electrons. The van der Waals surface area contributed by atoms with E-state index in [0.29, 0.717) is 5.92 Å². The molecule has 15 heavy (non-hydrogen) atoms. The van der Waals surface area contributed by atoms with Crippen LogP contribution in [-0.2, 0) is 0 Å². The second kappa shape index (κ2) is 6.40. The predicted octanol–water partition coefficient (Wildman–Crippen LogP) is 2.19. The lowest BCUT2D eigenvalue weighted by Crippen LogP contribution is -2.16. The summed E-state index contributed by atoms with van der Waals surface area (Å²) < 4.78 is 5.29. The van der Waals surface area contributed by atoms with Crippen molar-refractivity contribution in [2.24, 2.45) is 0 Å². The van der Waals surface area contributed by atoms with Crippen LogP contribution >= 0.6 is 0 Å². The van der Waals surface area contributed by atoms with Gasteiger partial charge in [-0.15, -0.1) is 0 Å². The van der Waals surface area contributed by atoms with Crippen molar-refractivity contribution < 1.29 is 4.74 Å². The monoisotopic (exact) mass is 208 g/mol. The number of hydrogen-bond donors (Lipinski definition) is 1. The van der Waals surface area contributed by atoms with Gasteiger partial charge in [-0.3, -0.25) is 4.98 Å². The van der Waals surface area contributed by atoms with E-state index in [1.54, 1.807) is 7.11 Å². The van der Waals surface area contributed by atoms with E-state index < -0.39 is 0 Å². The highest BCUT2D eigenvalue weighted by Crippen LogP contribution is 2.25. The van der Waals surface area contributed by atoms with E-state index in [1.807, 2.05) is 18.3 Å². The largest absolute Gasteiger partial charge is 0.495 e. The Morgan fingerprint density at radius 3 is 3.00 bits per heavy atom. The van der Waals surface area contributed by atoms with Crippen LogP contribution in [0.25, 0.3) is 0 Å². The number of hydrogen-bond acceptors (Lipinski definition) is 3. The fraction of sp³-hybridized carbons (Fsp3) is 0.583. The summed E-state index contributed by atoms with van der Waals surface area (Å²) in [5, 5.41) is 3.32. The van der Waals surface area contributed by atoms with Gasteiger partial charge in [0.2, 0.25) is 0 Å². The number of pyridine rings is 1. The molecule has 0 saturated heterocycles. The Kier molecular flexibility index (Phi) is 5.12. The standard InChI is InChI=1S/C12H20N2O/c1-4-13-9-7-10(2)12-11(15-3)6-5-8-14-12/h5-6,8,10,13H,4,7,9H2,1-3H3. The average molecular weight is 208 g/mol. The molecule has 1 rings (SSSR count). The number of nitrogens with zero attached hydrogens (tertiary/aromatic N) is 1. The minimum absolute atomic E-state index is 0.431. The summed E-state index contributed by atoms with van der Waals surface area (Å²) in [5.41, 5.74) is 1.05. The summed E-state index contributed by atoms with van der Waals surface area (Å²) in [4.78, 5) is 4.38. The molecular weight excluding hydrogens is 188 g/mol. The summed E-state index contributed by atoms with van der Waals surface area (Å²) in [5.74, 6) is 1.32. The summed E-state index contributed by atoms with van der Waals surface area (Å²) >= 11 is 0. The second-order valence-electron chi connectivity index (χ2n) is 3.63. The molecule has 0 aliphatic rings. The summed E-state index contributed by atoms with van der Waals surface area (Å²) in [6, 6.07) is 3.87. The molecule has 1 aromatic heterocycles. The van der Waals surface area contributed by atoms with Gasteiger partial charge in [0.05, 0.1) is 12.8 Å². The minimum atomic E-state index is 0.431. The van der Waals surface area contributed by atoms with Crippen LogP contribution in [0.1, 0.15) is 31.9 Å². The van der Waals surface area contributed by atoms with Crippen molar-refractivity contribution in [3.05, 3.63) is 24.0 Å². The van der Waals surface area contributed by atoms with Gasteiger partial charge in [-0.2, -0.15) is 0 Å². The van der Waals surface area contributed by atoms with Gasteiger partial charge in [0, 0.05) is 12.1 Å². The molecule has 1 atom stereocenters. The lowest BCUT2D eigenvalue weighted by atomic mass is 10.0. The second-order valence-corrected chi connectivity index (χ2v) is 3.63. The van der Waals surface area contributed by atoms with Gasteiger partial charge in [0.1, 0.15) is 5.75 Å². The van der Waals surface area contributed by atoms with Crippen molar-refractivity contribution in [3.8, 4) is 5.75 Å². The molecular formula is C12H20N2O. The molecule has 0 aliphatic heterocycles. The Morgan fingerprint density at radius 1 is 1.53 bits per heavy atom. The van der Waals surface area contributed by atoms with Crippen LogP contribution in [0.15, 0.2) is 18.3 Å². The molecule has 1 aromatic rings. The normalized spacial score (nSPS) is 12.5. The van der Waals surface area contributed by atoms with Crippen molar-refractivity contribution >= 4 is 0 Å². The fourth-order valence-corrected chi connectivity index (χ4v) is 1.58. The van der Waals surface area contributed by atoms with Crippen LogP contribution in [0, 0.1) is 0 Å². The Morgan fingerprint density at radius 2 is 2.33 bits per heavy atom. The first-order valence-electron chi connectivity index (χ1n) is 5.49. The van der Waals surface area contributed by atoms with E-state index in [9.17, 15) is 0 Å². The van der Waals surface area contributed by atoms with E-state index in [0.717, 1.165) is 31.0 Å². The van der Waals surface area contributed by atoms with Crippen LogP contribution in [0.3, 0.4) is 0 Å². The molecule has 0 spiro atoms. The highest BCUT2D eigenvalue weighted by Gasteiger charge is 2.11. The third-order valence-electron chi connectivity index (χ3n) is 2.49. The predicted molar refractivity (Wildman–Crippen MR) is 62.4 cm³/mol. The van der Waals surface area contributed by atoms with E-state index in [1.165, 1.54) is 0 Å². The fourth-order valence-electron chi connectivity index (χ4n) is 1.58. The topological polar surface area (TPSA) is 34.2 Å². The van der Waals surface area contributed by atoms with Gasteiger partial charge in [-0.25, -0.2) is 0 Å². The zero-order valence-electron chi connectivity index (χ0n) is 9.79. The third kappa shape index (κ3) is 3.51. The molecule has 3 heteroatoms. The molecule has 0 aromatic carbocycles. The molecule has 3 nitrogen and oxygen atoms in total. The molecule has 0 bridgehead atoms. The molecule has 1 unspecified atom stereocenters. The smallest absolute Gasteiger partial charge is 0.140 e. The first kappa shape index (κ1) is 12.0. The minimum Gasteiger partial charge on any atom is -0.495 e. The van der Waals surface area contributed by atoms with E-state index in [-0.39, 0.29) is 0 Å². The van der Waals surface area contributed by atoms with Crippen LogP contribution in [0.4, 0.5) is 0 Å². The zero-order chi connectivity index (χ0) is 11.1. The Bertz CT molecular complexity index is 289. The van der Waals surface area contributed by atoms with E-state index in [4.69, 9.17) is 4.74 Å². The maximum Gasteiger partial charge on any atom is 0.140 e. The molecule has 1 heterocycles. The summed E-state index contributed by atoms with van der Waals surface area (Å²) in [6.07, 6.45) is 2.91. The number of rotatable bonds is 6. The van der Waals surface area contributed by atoms with E-state index >= 15 is 0 Å². The lowest BCUT2D eigenvalue weighted by Gasteiger charge is -2.14. The Balaban J connectivity index is 2.59. The van der Waals surface area contributed by atoms with Crippen molar-refractivity contribution in [1.29, 1.82) is 0 Å². The highest BCUT2D eigenvalue weighted by atomic mass is 16.5. The average Bonchev–Trinajstić information content (AvgIpc) is 2.29.